The summed E-state index contributed by atoms with van der Waals surface area (Å²) in [5, 5.41) is 3.09. The van der Waals surface area contributed by atoms with Gasteiger partial charge >= 0.3 is 11.8 Å². The van der Waals surface area contributed by atoms with E-state index in [2.05, 4.69) is 34.6 Å². The zero-order valence-electron chi connectivity index (χ0n) is 16.5. The lowest BCUT2D eigenvalue weighted by Gasteiger charge is -2.36. The molecule has 1 fully saturated rings. The van der Waals surface area contributed by atoms with Crippen LogP contribution in [-0.4, -0.2) is 29.0 Å². The lowest BCUT2D eigenvalue weighted by atomic mass is 9.95. The van der Waals surface area contributed by atoms with E-state index in [-0.39, 0.29) is 12.1 Å². The Labute approximate surface area is 169 Å². The summed E-state index contributed by atoms with van der Waals surface area (Å²) in [6.07, 6.45) is 6.06. The third kappa shape index (κ3) is 4.70. The number of hydrogen-bond donors (Lipinski definition) is 2. The van der Waals surface area contributed by atoms with Crippen LogP contribution in [0.15, 0.2) is 57.7 Å². The number of amides is 2. The van der Waals surface area contributed by atoms with Crippen molar-refractivity contribution >= 4 is 17.1 Å². The van der Waals surface area contributed by atoms with Gasteiger partial charge in [-0.15, -0.1) is 0 Å². The minimum absolute atomic E-state index is 0.00923. The highest BCUT2D eigenvalue weighted by atomic mass is 16.4. The minimum atomic E-state index is -0.453. The number of unbranched alkanes of at least 4 members (excludes halogenated alkanes) is 1. The first-order chi connectivity index (χ1) is 14.2. The van der Waals surface area contributed by atoms with Crippen LogP contribution in [0, 0.1) is 0 Å². The molecule has 0 spiro atoms. The van der Waals surface area contributed by atoms with Crippen LogP contribution < -0.4 is 11.1 Å². The summed E-state index contributed by atoms with van der Waals surface area (Å²) in [6, 6.07) is 16.1. The number of carbonyl (C=O) groups is 1. The first-order valence-electron chi connectivity index (χ1n) is 10.4. The van der Waals surface area contributed by atoms with E-state index in [9.17, 15) is 9.59 Å². The van der Waals surface area contributed by atoms with E-state index in [0.717, 1.165) is 50.6 Å². The Morgan fingerprint density at radius 1 is 1.14 bits per heavy atom. The van der Waals surface area contributed by atoms with Gasteiger partial charge in [0.15, 0.2) is 5.58 Å². The first kappa shape index (κ1) is 19.3. The van der Waals surface area contributed by atoms with E-state index in [0.29, 0.717) is 17.6 Å². The van der Waals surface area contributed by atoms with Crippen LogP contribution in [0.2, 0.25) is 0 Å². The van der Waals surface area contributed by atoms with Crippen LogP contribution in [0.1, 0.15) is 49.3 Å². The number of oxazole rings is 1. The van der Waals surface area contributed by atoms with Crippen LogP contribution in [0.25, 0.3) is 11.1 Å². The van der Waals surface area contributed by atoms with E-state index >= 15 is 0 Å². The van der Waals surface area contributed by atoms with Crippen molar-refractivity contribution in [1.29, 1.82) is 0 Å². The number of rotatable bonds is 6. The maximum Gasteiger partial charge on any atom is 0.417 e. The summed E-state index contributed by atoms with van der Waals surface area (Å²) >= 11 is 0. The van der Waals surface area contributed by atoms with E-state index in [1.165, 1.54) is 5.56 Å². The number of aromatic amines is 1. The molecule has 3 aromatic rings. The number of carbonyl (C=O) groups excluding carboxylic acids is 1. The first-order valence-corrected chi connectivity index (χ1v) is 10.4. The smallest absolute Gasteiger partial charge is 0.408 e. The van der Waals surface area contributed by atoms with Gasteiger partial charge in [-0.1, -0.05) is 36.4 Å². The summed E-state index contributed by atoms with van der Waals surface area (Å²) in [5.41, 5.74) is 3.57. The molecule has 2 heterocycles. The standard InChI is InChI=1S/C23H27N3O3/c27-22(24-14-6-4-10-17-8-2-1-3-9-17)26-15-7-5-11-20(26)18-12-13-19-21(16-18)29-23(28)25-19/h1-3,8-9,12-13,16,20H,4-7,10-11,14-15H2,(H,24,27)(H,25,28). The van der Waals surface area contributed by atoms with Crippen molar-refractivity contribution in [2.45, 2.75) is 44.6 Å². The molecular weight excluding hydrogens is 366 g/mol. The van der Waals surface area contributed by atoms with E-state index < -0.39 is 5.76 Å². The molecule has 0 saturated carbocycles. The summed E-state index contributed by atoms with van der Waals surface area (Å²) in [7, 11) is 0. The summed E-state index contributed by atoms with van der Waals surface area (Å²) in [4.78, 5) is 28.8. The van der Waals surface area contributed by atoms with Crippen molar-refractivity contribution in [3.63, 3.8) is 0 Å². The fourth-order valence-corrected chi connectivity index (χ4v) is 4.09. The molecule has 1 atom stereocenters. The molecule has 152 valence electrons. The van der Waals surface area contributed by atoms with Gasteiger partial charge in [0.05, 0.1) is 11.6 Å². The Balaban J connectivity index is 1.33. The molecule has 2 amide bonds. The van der Waals surface area contributed by atoms with Gasteiger partial charge in [0.2, 0.25) is 0 Å². The second-order valence-electron chi connectivity index (χ2n) is 7.65. The second kappa shape index (κ2) is 8.99. The van der Waals surface area contributed by atoms with Crippen molar-refractivity contribution in [3.05, 3.63) is 70.2 Å². The number of aromatic nitrogens is 1. The maximum absolute atomic E-state index is 12.8. The molecule has 1 unspecified atom stereocenters. The zero-order valence-corrected chi connectivity index (χ0v) is 16.5. The number of nitrogens with one attached hydrogen (secondary N) is 2. The number of benzene rings is 2. The number of nitrogens with zero attached hydrogens (tertiary/aromatic N) is 1. The highest BCUT2D eigenvalue weighted by Crippen LogP contribution is 2.32. The highest BCUT2D eigenvalue weighted by molar-refractivity contribution is 5.76. The van der Waals surface area contributed by atoms with Crippen molar-refractivity contribution in [2.75, 3.05) is 13.1 Å². The third-order valence-electron chi connectivity index (χ3n) is 5.60. The third-order valence-corrected chi connectivity index (χ3v) is 5.60. The quantitative estimate of drug-likeness (QED) is 0.610. The molecule has 1 aliphatic rings. The van der Waals surface area contributed by atoms with E-state index in [4.69, 9.17) is 4.42 Å². The van der Waals surface area contributed by atoms with Crippen LogP contribution in [-0.2, 0) is 6.42 Å². The molecule has 0 radical (unpaired) electrons. The zero-order chi connectivity index (χ0) is 20.1. The number of hydrogen-bond acceptors (Lipinski definition) is 3. The Hall–Kier alpha value is -3.02. The Morgan fingerprint density at radius 3 is 2.86 bits per heavy atom. The predicted octanol–water partition coefficient (Wildman–Crippen LogP) is 4.38. The molecule has 29 heavy (non-hydrogen) atoms. The van der Waals surface area contributed by atoms with Crippen LogP contribution >= 0.6 is 0 Å². The largest absolute Gasteiger partial charge is 0.417 e. The van der Waals surface area contributed by atoms with Crippen LogP contribution in [0.3, 0.4) is 0 Å². The average Bonchev–Trinajstić information content (AvgIpc) is 3.13. The van der Waals surface area contributed by atoms with E-state index in [1.54, 1.807) is 0 Å². The summed E-state index contributed by atoms with van der Waals surface area (Å²) < 4.78 is 5.19. The molecule has 1 saturated heterocycles. The van der Waals surface area contributed by atoms with Gasteiger partial charge in [0.25, 0.3) is 0 Å². The van der Waals surface area contributed by atoms with Crippen molar-refractivity contribution in [2.24, 2.45) is 0 Å². The number of H-pyrrole nitrogens is 1. The monoisotopic (exact) mass is 393 g/mol. The minimum Gasteiger partial charge on any atom is -0.408 e. The van der Waals surface area contributed by atoms with Crippen LogP contribution in [0.5, 0.6) is 0 Å². The number of urea groups is 1. The van der Waals surface area contributed by atoms with E-state index in [1.807, 2.05) is 29.2 Å². The summed E-state index contributed by atoms with van der Waals surface area (Å²) in [5.74, 6) is -0.453. The molecule has 2 aromatic carbocycles. The lowest BCUT2D eigenvalue weighted by molar-refractivity contribution is 0.151. The second-order valence-corrected chi connectivity index (χ2v) is 7.65. The van der Waals surface area contributed by atoms with Crippen molar-refractivity contribution in [3.8, 4) is 0 Å². The Kier molecular flexibility index (Phi) is 5.98. The Bertz CT molecular complexity index is 1010. The molecule has 2 N–H and O–H groups in total. The van der Waals surface area contributed by atoms with Crippen LogP contribution in [0.4, 0.5) is 4.79 Å². The maximum atomic E-state index is 12.8. The molecule has 0 bridgehead atoms. The molecular formula is C23H27N3O3. The molecule has 4 rings (SSSR count). The van der Waals surface area contributed by atoms with Gasteiger partial charge < -0.3 is 14.6 Å². The fraction of sp³-hybridized carbons (Fsp3) is 0.391. The van der Waals surface area contributed by atoms with Gasteiger partial charge in [0, 0.05) is 13.1 Å². The summed E-state index contributed by atoms with van der Waals surface area (Å²) in [6.45, 7) is 1.43. The topological polar surface area (TPSA) is 78.3 Å². The number of aryl methyl sites for hydroxylation is 1. The van der Waals surface area contributed by atoms with Gasteiger partial charge in [-0.05, 0) is 61.8 Å². The number of fused-ring (bicyclic) bond motifs is 1. The number of likely N-dealkylation sites (tertiary alicyclic amines) is 1. The van der Waals surface area contributed by atoms with Gasteiger partial charge in [0.1, 0.15) is 0 Å². The van der Waals surface area contributed by atoms with Gasteiger partial charge in [-0.2, -0.15) is 0 Å². The normalized spacial score (nSPS) is 16.8. The molecule has 6 nitrogen and oxygen atoms in total. The van der Waals surface area contributed by atoms with Gasteiger partial charge in [-0.25, -0.2) is 9.59 Å². The van der Waals surface area contributed by atoms with Crippen molar-refractivity contribution < 1.29 is 9.21 Å². The molecule has 1 aliphatic heterocycles. The fourth-order valence-electron chi connectivity index (χ4n) is 4.09. The Morgan fingerprint density at radius 2 is 2.00 bits per heavy atom. The average molecular weight is 393 g/mol. The predicted molar refractivity (Wildman–Crippen MR) is 113 cm³/mol. The van der Waals surface area contributed by atoms with Gasteiger partial charge in [-0.3, -0.25) is 4.98 Å². The lowest BCUT2D eigenvalue weighted by Crippen LogP contribution is -2.44. The number of piperidine rings is 1. The van der Waals surface area contributed by atoms with Crippen molar-refractivity contribution in [1.82, 2.24) is 15.2 Å². The molecule has 1 aromatic heterocycles. The highest BCUT2D eigenvalue weighted by Gasteiger charge is 2.28. The SMILES string of the molecule is O=C(NCCCCc1ccccc1)N1CCCCC1c1ccc2[nH]c(=O)oc2c1. The molecule has 0 aliphatic carbocycles. The molecule has 6 heteroatoms.